The first-order valence-corrected chi connectivity index (χ1v) is 23.3. The Hall–Kier alpha value is -1.77. The molecule has 2 N–H and O–H groups in total. The van der Waals surface area contributed by atoms with E-state index in [9.17, 15) is 14.2 Å². The average Bonchev–Trinajstić information content (AvgIpc) is 3.90. The average molecular weight is 783 g/mol. The highest BCUT2D eigenvalue weighted by Crippen LogP contribution is 2.36. The van der Waals surface area contributed by atoms with Gasteiger partial charge in [-0.25, -0.2) is 4.57 Å². The lowest BCUT2D eigenvalue weighted by Crippen LogP contribution is -2.29. The van der Waals surface area contributed by atoms with Gasteiger partial charge in [0, 0.05) is 12.8 Å². The van der Waals surface area contributed by atoms with E-state index in [0.717, 1.165) is 57.3 Å². The van der Waals surface area contributed by atoms with Crippen LogP contribution in [0.25, 0.3) is 0 Å². The third-order valence-electron chi connectivity index (χ3n) is 10.1. The minimum absolute atomic E-state index is 0.187. The van der Waals surface area contributed by atoms with E-state index in [2.05, 4.69) is 55.7 Å². The minimum Gasteiger partial charge on any atom is -0.462 e. The summed E-state index contributed by atoms with van der Waals surface area (Å²) in [7, 11) is -4.77. The maximum atomic E-state index is 12.4. The molecule has 0 aromatic carbocycles. The number of rotatable bonds is 38. The standard InChI is InChI=1S/C44H79O9P/c1-4-6-7-8-23-28-33-41-42(53-41)34-29-24-19-17-21-25-30-35-43(45)50-37-40(38-51-54(47,48)49)52-44(46)36-31-26-20-16-14-12-10-9-11-13-15-18-22-27-32-39(3)5-2/h17,21,23-24,28-29,39-42H,4-16,18-20,22,25-27,30-38H2,1-3H3,(H2,47,48,49)/b21-17-,28-23-,29-24-/t39?,40-,41?,42?/m1/s1. The molecule has 0 aromatic heterocycles. The summed E-state index contributed by atoms with van der Waals surface area (Å²) in [6.45, 7) is 5.98. The lowest BCUT2D eigenvalue weighted by molar-refractivity contribution is -0.161. The first-order chi connectivity index (χ1) is 26.1. The molecule has 3 unspecified atom stereocenters. The Kier molecular flexibility index (Phi) is 32.1. The summed E-state index contributed by atoms with van der Waals surface area (Å²) in [5.74, 6) is -0.0740. The van der Waals surface area contributed by atoms with Crippen molar-refractivity contribution in [3.05, 3.63) is 36.5 Å². The Balaban J connectivity index is 2.08. The van der Waals surface area contributed by atoms with E-state index in [1.807, 2.05) is 6.08 Å². The molecule has 0 amide bonds. The zero-order chi connectivity index (χ0) is 39.5. The first-order valence-electron chi connectivity index (χ1n) is 21.8. The van der Waals surface area contributed by atoms with Crippen LogP contribution in [-0.4, -0.2) is 53.3 Å². The molecule has 1 fully saturated rings. The SMILES string of the molecule is CCCCC/C=C\CC1OC1C/C=C\C/C=C\CCCC(=O)OC[C@H](COP(=O)(O)O)OC(=O)CCCCCCCCCCCCCCCCC(C)CC. The summed E-state index contributed by atoms with van der Waals surface area (Å²) in [5.41, 5.74) is 0. The molecule has 1 heterocycles. The highest BCUT2D eigenvalue weighted by molar-refractivity contribution is 7.46. The molecule has 1 saturated heterocycles. The Labute approximate surface area is 329 Å². The van der Waals surface area contributed by atoms with Gasteiger partial charge >= 0.3 is 19.8 Å². The summed E-state index contributed by atoms with van der Waals surface area (Å²) in [6.07, 6.45) is 41.8. The van der Waals surface area contributed by atoms with Crippen molar-refractivity contribution in [1.82, 2.24) is 0 Å². The van der Waals surface area contributed by atoms with Crippen LogP contribution in [0.15, 0.2) is 36.5 Å². The Morgan fingerprint density at radius 2 is 1.17 bits per heavy atom. The molecule has 1 aliphatic heterocycles. The van der Waals surface area contributed by atoms with E-state index in [0.29, 0.717) is 25.0 Å². The second-order valence-corrected chi connectivity index (χ2v) is 16.5. The van der Waals surface area contributed by atoms with Crippen LogP contribution in [0, 0.1) is 5.92 Å². The second-order valence-electron chi connectivity index (χ2n) is 15.3. The summed E-state index contributed by atoms with van der Waals surface area (Å²) < 4.78 is 32.1. The summed E-state index contributed by atoms with van der Waals surface area (Å²) in [5, 5.41) is 0. The van der Waals surface area contributed by atoms with Gasteiger partial charge in [-0.05, 0) is 57.3 Å². The number of phosphoric ester groups is 1. The quantitative estimate of drug-likeness (QED) is 0.0206. The van der Waals surface area contributed by atoms with Gasteiger partial charge in [0.15, 0.2) is 6.10 Å². The van der Waals surface area contributed by atoms with Crippen molar-refractivity contribution in [2.24, 2.45) is 5.92 Å². The van der Waals surface area contributed by atoms with Crippen LogP contribution < -0.4 is 0 Å². The number of phosphoric acid groups is 1. The zero-order valence-corrected chi connectivity index (χ0v) is 35.4. The van der Waals surface area contributed by atoms with Gasteiger partial charge in [0.2, 0.25) is 0 Å². The van der Waals surface area contributed by atoms with Crippen molar-refractivity contribution in [2.45, 2.75) is 212 Å². The molecule has 4 atom stereocenters. The largest absolute Gasteiger partial charge is 0.469 e. The maximum absolute atomic E-state index is 12.4. The number of allylic oxidation sites excluding steroid dienone is 4. The van der Waals surface area contributed by atoms with E-state index < -0.39 is 32.5 Å². The van der Waals surface area contributed by atoms with Crippen molar-refractivity contribution >= 4 is 19.8 Å². The van der Waals surface area contributed by atoms with Gasteiger partial charge in [-0.3, -0.25) is 14.1 Å². The monoisotopic (exact) mass is 783 g/mol. The molecule has 0 aromatic rings. The summed E-state index contributed by atoms with van der Waals surface area (Å²) in [4.78, 5) is 42.9. The van der Waals surface area contributed by atoms with Gasteiger partial charge in [-0.15, -0.1) is 0 Å². The van der Waals surface area contributed by atoms with Crippen LogP contribution in [0.2, 0.25) is 0 Å². The Bertz CT molecular complexity index is 1050. The van der Waals surface area contributed by atoms with Crippen molar-refractivity contribution in [2.75, 3.05) is 13.2 Å². The Morgan fingerprint density at radius 3 is 1.76 bits per heavy atom. The minimum atomic E-state index is -4.77. The fraction of sp³-hybridized carbons (Fsp3) is 0.818. The molecule has 0 saturated carbocycles. The number of epoxide rings is 1. The van der Waals surface area contributed by atoms with Crippen LogP contribution in [0.5, 0.6) is 0 Å². The molecule has 9 nitrogen and oxygen atoms in total. The number of ether oxygens (including phenoxy) is 3. The topological polar surface area (TPSA) is 132 Å². The van der Waals surface area contributed by atoms with Crippen LogP contribution in [0.3, 0.4) is 0 Å². The van der Waals surface area contributed by atoms with E-state index in [4.69, 9.17) is 24.0 Å². The van der Waals surface area contributed by atoms with E-state index in [1.165, 1.54) is 96.3 Å². The van der Waals surface area contributed by atoms with E-state index in [-0.39, 0.29) is 19.4 Å². The molecule has 0 radical (unpaired) electrons. The van der Waals surface area contributed by atoms with Crippen LogP contribution >= 0.6 is 7.82 Å². The van der Waals surface area contributed by atoms with Crippen molar-refractivity contribution < 1.29 is 42.7 Å². The number of carbonyl (C=O) groups is 2. The molecular weight excluding hydrogens is 703 g/mol. The van der Waals surface area contributed by atoms with Crippen molar-refractivity contribution in [3.8, 4) is 0 Å². The van der Waals surface area contributed by atoms with Gasteiger partial charge in [0.1, 0.15) is 6.61 Å². The van der Waals surface area contributed by atoms with Crippen molar-refractivity contribution in [1.29, 1.82) is 0 Å². The molecule has 0 spiro atoms. The Morgan fingerprint density at radius 1 is 0.648 bits per heavy atom. The molecule has 314 valence electrons. The highest BCUT2D eigenvalue weighted by atomic mass is 31.2. The molecule has 1 aliphatic rings. The predicted octanol–water partition coefficient (Wildman–Crippen LogP) is 12.2. The molecule has 10 heteroatoms. The van der Waals surface area contributed by atoms with Crippen LogP contribution in [0.4, 0.5) is 0 Å². The van der Waals surface area contributed by atoms with Crippen LogP contribution in [-0.2, 0) is 32.9 Å². The zero-order valence-electron chi connectivity index (χ0n) is 34.5. The molecule has 1 rings (SSSR count). The number of unbranched alkanes of at least 4 members (excludes halogenated alkanes) is 17. The van der Waals surface area contributed by atoms with E-state index in [1.54, 1.807) is 0 Å². The molecule has 54 heavy (non-hydrogen) atoms. The number of esters is 2. The smallest absolute Gasteiger partial charge is 0.462 e. The van der Waals surface area contributed by atoms with Gasteiger partial charge in [0.25, 0.3) is 0 Å². The van der Waals surface area contributed by atoms with Crippen molar-refractivity contribution in [3.63, 3.8) is 0 Å². The summed E-state index contributed by atoms with van der Waals surface area (Å²) in [6, 6.07) is 0. The third-order valence-corrected chi connectivity index (χ3v) is 10.6. The van der Waals surface area contributed by atoms with Gasteiger partial charge < -0.3 is 24.0 Å². The lowest BCUT2D eigenvalue weighted by atomic mass is 9.99. The number of hydrogen-bond donors (Lipinski definition) is 2. The number of hydrogen-bond acceptors (Lipinski definition) is 7. The third kappa shape index (κ3) is 33.6. The normalized spacial score (nSPS) is 17.1. The van der Waals surface area contributed by atoms with Gasteiger partial charge in [0.05, 0.1) is 18.8 Å². The van der Waals surface area contributed by atoms with Gasteiger partial charge in [-0.1, -0.05) is 166 Å². The molecular formula is C44H79O9P. The fourth-order valence-corrected chi connectivity index (χ4v) is 6.68. The van der Waals surface area contributed by atoms with Gasteiger partial charge in [-0.2, -0.15) is 0 Å². The first kappa shape index (κ1) is 50.2. The highest BCUT2D eigenvalue weighted by Gasteiger charge is 2.36. The lowest BCUT2D eigenvalue weighted by Gasteiger charge is -2.18. The van der Waals surface area contributed by atoms with Crippen LogP contribution in [0.1, 0.15) is 194 Å². The second kappa shape index (κ2) is 34.5. The molecule has 0 bridgehead atoms. The number of carbonyl (C=O) groups excluding carboxylic acids is 2. The molecule has 0 aliphatic carbocycles. The fourth-order valence-electron chi connectivity index (χ4n) is 6.32. The van der Waals surface area contributed by atoms with E-state index >= 15 is 0 Å². The summed E-state index contributed by atoms with van der Waals surface area (Å²) >= 11 is 0. The predicted molar refractivity (Wildman–Crippen MR) is 220 cm³/mol. The maximum Gasteiger partial charge on any atom is 0.469 e.